The van der Waals surface area contributed by atoms with Gasteiger partial charge in [-0.3, -0.25) is 0 Å². The molecule has 0 aliphatic heterocycles. The zero-order valence-corrected chi connectivity index (χ0v) is 19.5. The van der Waals surface area contributed by atoms with Crippen LogP contribution in [0.3, 0.4) is 0 Å². The van der Waals surface area contributed by atoms with Crippen LogP contribution in [0.25, 0.3) is 22.3 Å². The Morgan fingerprint density at radius 2 is 0.815 bits per heavy atom. The van der Waals surface area contributed by atoms with Crippen molar-refractivity contribution in [3.63, 3.8) is 0 Å². The first kappa shape index (κ1) is 25.6. The topological polar surface area (TPSA) is 0 Å². The third kappa shape index (κ3) is 7.62. The summed E-state index contributed by atoms with van der Waals surface area (Å²) >= 11 is 0. The van der Waals surface area contributed by atoms with E-state index in [1.54, 1.807) is 0 Å². The van der Waals surface area contributed by atoms with E-state index in [1.807, 2.05) is 12.1 Å². The van der Waals surface area contributed by atoms with E-state index in [1.165, 1.54) is 33.4 Å². The first-order chi connectivity index (χ1) is 11.7. The van der Waals surface area contributed by atoms with Gasteiger partial charge >= 0.3 is 26.2 Å². The average molecular weight is 473 g/mol. The van der Waals surface area contributed by atoms with E-state index < -0.39 is 0 Å². The average Bonchev–Trinajstić information content (AvgIpc) is 3.26. The molecule has 0 spiro atoms. The molecule has 0 saturated carbocycles. The van der Waals surface area contributed by atoms with Crippen molar-refractivity contribution in [2.45, 2.75) is 13.8 Å². The Morgan fingerprint density at radius 1 is 0.481 bits per heavy atom. The van der Waals surface area contributed by atoms with Crippen molar-refractivity contribution in [2.75, 3.05) is 0 Å². The van der Waals surface area contributed by atoms with Crippen molar-refractivity contribution in [3.05, 3.63) is 108 Å². The number of hydrogen-bond donors (Lipinski definition) is 0. The van der Waals surface area contributed by atoms with Crippen LogP contribution < -0.4 is 24.8 Å². The molecule has 0 bridgehead atoms. The SMILES string of the molecule is C[c-]1ccc(-c2ccccc2)c1.C[c-]1ccc(-c2ccccc2)c1.[Cl-].[Cl-].[Zr+4]. The Labute approximate surface area is 194 Å². The van der Waals surface area contributed by atoms with Gasteiger partial charge in [0.15, 0.2) is 0 Å². The zero-order chi connectivity index (χ0) is 16.8. The fourth-order valence-electron chi connectivity index (χ4n) is 2.75. The van der Waals surface area contributed by atoms with Crippen LogP contribution in [-0.2, 0) is 26.2 Å². The smallest absolute Gasteiger partial charge is 1.00 e. The molecule has 0 N–H and O–H groups in total. The van der Waals surface area contributed by atoms with Crippen molar-refractivity contribution in [1.29, 1.82) is 0 Å². The second kappa shape index (κ2) is 12.9. The molecule has 4 rings (SSSR count). The standard InChI is InChI=1S/2C12H11.2ClH.Zr/c2*1-10-7-8-12(9-10)11-5-3-2-4-6-11;;;/h2*2-9H,1H3;2*1H;/q2*-1;;;+4/p-2. The molecule has 0 atom stereocenters. The van der Waals surface area contributed by atoms with Crippen molar-refractivity contribution >= 4 is 0 Å². The van der Waals surface area contributed by atoms with Crippen LogP contribution in [0.5, 0.6) is 0 Å². The van der Waals surface area contributed by atoms with Crippen molar-refractivity contribution in [3.8, 4) is 22.3 Å². The monoisotopic (exact) mass is 470 g/mol. The van der Waals surface area contributed by atoms with Gasteiger partial charge < -0.3 is 24.8 Å². The number of aryl methyl sites for hydroxylation is 2. The summed E-state index contributed by atoms with van der Waals surface area (Å²) in [5, 5.41) is 0. The van der Waals surface area contributed by atoms with Gasteiger partial charge in [0, 0.05) is 0 Å². The van der Waals surface area contributed by atoms with E-state index >= 15 is 0 Å². The van der Waals surface area contributed by atoms with Gasteiger partial charge in [0.05, 0.1) is 0 Å². The molecule has 4 aromatic rings. The molecular formula is C24H22Cl2Zr. The molecule has 27 heavy (non-hydrogen) atoms. The summed E-state index contributed by atoms with van der Waals surface area (Å²) in [5.41, 5.74) is 7.88. The van der Waals surface area contributed by atoms with Crippen LogP contribution in [0.15, 0.2) is 97.1 Å². The van der Waals surface area contributed by atoms with E-state index in [0.717, 1.165) is 0 Å². The van der Waals surface area contributed by atoms with Crippen LogP contribution in [0.2, 0.25) is 0 Å². The molecule has 0 amide bonds. The number of halogens is 2. The Kier molecular flexibility index (Phi) is 12.2. The third-order valence-electron chi connectivity index (χ3n) is 4.03. The molecule has 0 unspecified atom stereocenters. The molecule has 0 aromatic heterocycles. The van der Waals surface area contributed by atoms with E-state index in [2.05, 4.69) is 98.8 Å². The van der Waals surface area contributed by atoms with Gasteiger partial charge in [-0.25, -0.2) is 12.1 Å². The van der Waals surface area contributed by atoms with Crippen LogP contribution in [0.4, 0.5) is 0 Å². The largest absolute Gasteiger partial charge is 4.00 e. The molecule has 0 nitrogen and oxygen atoms in total. The van der Waals surface area contributed by atoms with Crippen LogP contribution >= 0.6 is 0 Å². The van der Waals surface area contributed by atoms with Gasteiger partial charge in [-0.2, -0.15) is 46.5 Å². The summed E-state index contributed by atoms with van der Waals surface area (Å²) in [6, 6.07) is 33.9. The predicted octanol–water partition coefficient (Wildman–Crippen LogP) is 0.767. The molecular weight excluding hydrogens is 450 g/mol. The summed E-state index contributed by atoms with van der Waals surface area (Å²) in [6.07, 6.45) is 0. The van der Waals surface area contributed by atoms with E-state index in [9.17, 15) is 0 Å². The Hall–Kier alpha value is -1.40. The Bertz CT molecular complexity index is 801. The molecule has 136 valence electrons. The molecule has 0 radical (unpaired) electrons. The summed E-state index contributed by atoms with van der Waals surface area (Å²) in [7, 11) is 0. The van der Waals surface area contributed by atoms with E-state index in [0.29, 0.717) is 0 Å². The molecule has 0 fully saturated rings. The Morgan fingerprint density at radius 3 is 1.07 bits per heavy atom. The van der Waals surface area contributed by atoms with E-state index in [-0.39, 0.29) is 51.0 Å². The van der Waals surface area contributed by atoms with Crippen molar-refractivity contribution in [2.24, 2.45) is 0 Å². The summed E-state index contributed by atoms with van der Waals surface area (Å²) in [6.45, 7) is 4.24. The Balaban J connectivity index is 0.000000451. The predicted molar refractivity (Wildman–Crippen MR) is 104 cm³/mol. The van der Waals surface area contributed by atoms with Crippen molar-refractivity contribution in [1.82, 2.24) is 0 Å². The zero-order valence-electron chi connectivity index (χ0n) is 15.5. The summed E-state index contributed by atoms with van der Waals surface area (Å²) < 4.78 is 0. The number of rotatable bonds is 2. The maximum absolute atomic E-state index is 2.20. The van der Waals surface area contributed by atoms with Gasteiger partial charge in [0.25, 0.3) is 0 Å². The van der Waals surface area contributed by atoms with Crippen molar-refractivity contribution < 1.29 is 51.0 Å². The molecule has 0 aliphatic carbocycles. The molecule has 4 aromatic carbocycles. The minimum absolute atomic E-state index is 0. The van der Waals surface area contributed by atoms with Crippen LogP contribution in [0, 0.1) is 13.8 Å². The number of hydrogen-bond acceptors (Lipinski definition) is 0. The first-order valence-electron chi connectivity index (χ1n) is 8.30. The fraction of sp³-hybridized carbons (Fsp3) is 0.0833. The fourth-order valence-corrected chi connectivity index (χ4v) is 2.75. The quantitative estimate of drug-likeness (QED) is 0.378. The van der Waals surface area contributed by atoms with Gasteiger partial charge in [-0.1, -0.05) is 85.6 Å². The normalized spacial score (nSPS) is 8.96. The maximum atomic E-state index is 2.20. The molecule has 0 aliphatic rings. The van der Waals surface area contributed by atoms with Crippen LogP contribution in [0.1, 0.15) is 11.1 Å². The molecule has 3 heteroatoms. The third-order valence-corrected chi connectivity index (χ3v) is 4.03. The van der Waals surface area contributed by atoms with Gasteiger partial charge in [-0.15, -0.1) is 0 Å². The first-order valence-corrected chi connectivity index (χ1v) is 8.30. The molecule has 0 heterocycles. The maximum Gasteiger partial charge on any atom is 4.00 e. The van der Waals surface area contributed by atoms with Crippen LogP contribution in [-0.4, -0.2) is 0 Å². The second-order valence-corrected chi connectivity index (χ2v) is 6.09. The summed E-state index contributed by atoms with van der Waals surface area (Å²) in [5.74, 6) is 0. The molecule has 0 saturated heterocycles. The van der Waals surface area contributed by atoms with E-state index in [4.69, 9.17) is 0 Å². The van der Waals surface area contributed by atoms with Gasteiger partial charge in [0.2, 0.25) is 0 Å². The van der Waals surface area contributed by atoms with Gasteiger partial charge in [0.1, 0.15) is 0 Å². The van der Waals surface area contributed by atoms with Gasteiger partial charge in [-0.05, 0) is 0 Å². The minimum Gasteiger partial charge on any atom is -1.00 e. The summed E-state index contributed by atoms with van der Waals surface area (Å²) in [4.78, 5) is 0. The number of benzene rings is 2. The second-order valence-electron chi connectivity index (χ2n) is 6.09. The minimum atomic E-state index is 0.